The maximum Gasteiger partial charge on any atom is 0.127 e. The van der Waals surface area contributed by atoms with E-state index < -0.39 is 0 Å². The van der Waals surface area contributed by atoms with Gasteiger partial charge in [-0.3, -0.25) is 0 Å². The van der Waals surface area contributed by atoms with Crippen molar-refractivity contribution in [2.45, 2.75) is 26.8 Å². The summed E-state index contributed by atoms with van der Waals surface area (Å²) in [4.78, 5) is 4.83. The van der Waals surface area contributed by atoms with Crippen LogP contribution in [0, 0.1) is 6.92 Å². The lowest BCUT2D eigenvalue weighted by Crippen LogP contribution is -2.11. The van der Waals surface area contributed by atoms with E-state index in [1.807, 2.05) is 19.1 Å². The maximum absolute atomic E-state index is 5.67. The number of hydrogen-bond donors (Lipinski definition) is 2. The summed E-state index contributed by atoms with van der Waals surface area (Å²) in [6.07, 6.45) is 1.06. The Kier molecular flexibility index (Phi) is 4.69. The van der Waals surface area contributed by atoms with Crippen molar-refractivity contribution in [3.63, 3.8) is 0 Å². The van der Waals surface area contributed by atoms with Crippen LogP contribution >= 0.6 is 12.2 Å². The summed E-state index contributed by atoms with van der Waals surface area (Å²) in [7, 11) is 0. The van der Waals surface area contributed by atoms with Gasteiger partial charge in [-0.25, -0.2) is 4.98 Å². The second-order valence-electron chi connectivity index (χ2n) is 4.77. The Morgan fingerprint density at radius 1 is 1.20 bits per heavy atom. The highest BCUT2D eigenvalue weighted by Gasteiger charge is 2.02. The van der Waals surface area contributed by atoms with E-state index >= 15 is 0 Å². The highest BCUT2D eigenvalue weighted by molar-refractivity contribution is 7.80. The first-order valence-corrected chi connectivity index (χ1v) is 7.09. The van der Waals surface area contributed by atoms with Gasteiger partial charge in [0, 0.05) is 17.8 Å². The van der Waals surface area contributed by atoms with E-state index in [2.05, 4.69) is 41.5 Å². The molecule has 20 heavy (non-hydrogen) atoms. The van der Waals surface area contributed by atoms with Crippen LogP contribution < -0.4 is 11.1 Å². The van der Waals surface area contributed by atoms with Crippen molar-refractivity contribution in [3.8, 4) is 0 Å². The molecule has 0 fully saturated rings. The van der Waals surface area contributed by atoms with Crippen LogP contribution in [0.15, 0.2) is 36.4 Å². The Balaban J connectivity index is 2.08. The Labute approximate surface area is 125 Å². The Morgan fingerprint density at radius 3 is 2.45 bits per heavy atom. The van der Waals surface area contributed by atoms with E-state index in [1.165, 1.54) is 11.1 Å². The topological polar surface area (TPSA) is 50.9 Å². The fourth-order valence-corrected chi connectivity index (χ4v) is 2.10. The smallest absolute Gasteiger partial charge is 0.127 e. The number of pyridine rings is 1. The van der Waals surface area contributed by atoms with Gasteiger partial charge >= 0.3 is 0 Å². The molecule has 4 heteroatoms. The zero-order chi connectivity index (χ0) is 14.5. The molecule has 0 atom stereocenters. The Bertz CT molecular complexity index is 606. The van der Waals surface area contributed by atoms with E-state index in [-0.39, 0.29) is 0 Å². The second-order valence-corrected chi connectivity index (χ2v) is 5.21. The highest BCUT2D eigenvalue weighted by Crippen LogP contribution is 2.12. The molecule has 1 aromatic heterocycles. The van der Waals surface area contributed by atoms with Crippen molar-refractivity contribution in [1.82, 2.24) is 4.98 Å². The number of nitrogens with one attached hydrogen (secondary N) is 1. The number of nitrogens with two attached hydrogens (primary N) is 1. The number of thiocarbonyl (C=S) groups is 1. The van der Waals surface area contributed by atoms with E-state index in [1.54, 1.807) is 0 Å². The summed E-state index contributed by atoms with van der Waals surface area (Å²) >= 11 is 5.01. The lowest BCUT2D eigenvalue weighted by molar-refractivity contribution is 1.07. The molecule has 0 amide bonds. The monoisotopic (exact) mass is 285 g/mol. The number of aromatic nitrogens is 1. The fraction of sp³-hybridized carbons (Fsp3) is 0.250. The molecule has 0 spiro atoms. The van der Waals surface area contributed by atoms with Gasteiger partial charge in [-0.1, -0.05) is 43.4 Å². The number of rotatable bonds is 5. The third-order valence-electron chi connectivity index (χ3n) is 3.14. The molecule has 1 aromatic carbocycles. The minimum Gasteiger partial charge on any atom is -0.389 e. The van der Waals surface area contributed by atoms with Crippen LogP contribution in [-0.2, 0) is 13.0 Å². The van der Waals surface area contributed by atoms with Crippen molar-refractivity contribution in [1.29, 1.82) is 0 Å². The quantitative estimate of drug-likeness (QED) is 0.828. The van der Waals surface area contributed by atoms with Gasteiger partial charge in [0.25, 0.3) is 0 Å². The molecule has 0 unspecified atom stereocenters. The van der Waals surface area contributed by atoms with Gasteiger partial charge in [0.15, 0.2) is 0 Å². The number of anilines is 1. The molecule has 3 N–H and O–H groups in total. The minimum absolute atomic E-state index is 0.394. The zero-order valence-corrected chi connectivity index (χ0v) is 12.6. The number of benzene rings is 1. The predicted octanol–water partition coefficient (Wildman–Crippen LogP) is 3.20. The molecule has 0 aliphatic rings. The normalized spacial score (nSPS) is 10.3. The molecule has 0 aliphatic carbocycles. The van der Waals surface area contributed by atoms with Gasteiger partial charge in [0.1, 0.15) is 10.8 Å². The zero-order valence-electron chi connectivity index (χ0n) is 11.8. The molecule has 0 bridgehead atoms. The number of aryl methyl sites for hydroxylation is 2. The van der Waals surface area contributed by atoms with Crippen molar-refractivity contribution in [2.75, 3.05) is 5.32 Å². The fourth-order valence-electron chi connectivity index (χ4n) is 1.99. The molecule has 2 rings (SSSR count). The molecule has 104 valence electrons. The van der Waals surface area contributed by atoms with Crippen molar-refractivity contribution in [2.24, 2.45) is 5.73 Å². The summed E-state index contributed by atoms with van der Waals surface area (Å²) < 4.78 is 0. The maximum atomic E-state index is 5.67. The van der Waals surface area contributed by atoms with E-state index in [9.17, 15) is 0 Å². The molecule has 1 heterocycles. The summed E-state index contributed by atoms with van der Waals surface area (Å²) in [5.74, 6) is 0.798. The van der Waals surface area contributed by atoms with Crippen LogP contribution in [0.4, 0.5) is 5.82 Å². The van der Waals surface area contributed by atoms with Gasteiger partial charge in [0.2, 0.25) is 0 Å². The van der Waals surface area contributed by atoms with Crippen LogP contribution in [0.25, 0.3) is 0 Å². The van der Waals surface area contributed by atoms with Crippen LogP contribution in [0.2, 0.25) is 0 Å². The van der Waals surface area contributed by atoms with Crippen LogP contribution in [0.3, 0.4) is 0 Å². The molecule has 2 aromatic rings. The molecule has 3 nitrogen and oxygen atoms in total. The Hall–Kier alpha value is -1.94. The average molecular weight is 285 g/mol. The third-order valence-corrected chi connectivity index (χ3v) is 3.38. The largest absolute Gasteiger partial charge is 0.389 e. The van der Waals surface area contributed by atoms with Gasteiger partial charge < -0.3 is 11.1 Å². The molecular formula is C16H19N3S. The van der Waals surface area contributed by atoms with E-state index in [0.29, 0.717) is 4.99 Å². The Morgan fingerprint density at radius 2 is 1.85 bits per heavy atom. The van der Waals surface area contributed by atoms with Crippen LogP contribution in [-0.4, -0.2) is 9.97 Å². The molecule has 0 radical (unpaired) electrons. The van der Waals surface area contributed by atoms with Gasteiger partial charge in [0.05, 0.1) is 0 Å². The molecule has 0 saturated carbocycles. The minimum atomic E-state index is 0.394. The first-order chi connectivity index (χ1) is 9.58. The van der Waals surface area contributed by atoms with Crippen molar-refractivity contribution in [3.05, 3.63) is 58.8 Å². The standard InChI is InChI=1S/C16H19N3S/c1-3-12-4-6-13(7-5-12)10-18-15-9-14(16(17)20)8-11(2)19-15/h4-9H,3,10H2,1-2H3,(H2,17,20)(H,18,19). The predicted molar refractivity (Wildman–Crippen MR) is 88.0 cm³/mol. The van der Waals surface area contributed by atoms with Crippen LogP contribution in [0.1, 0.15) is 29.3 Å². The van der Waals surface area contributed by atoms with Crippen molar-refractivity contribution < 1.29 is 0 Å². The van der Waals surface area contributed by atoms with Crippen molar-refractivity contribution >= 4 is 23.0 Å². The summed E-state index contributed by atoms with van der Waals surface area (Å²) in [6.45, 7) is 4.82. The third kappa shape index (κ3) is 3.78. The van der Waals surface area contributed by atoms with Gasteiger partial charge in [-0.15, -0.1) is 0 Å². The average Bonchev–Trinajstić information content (AvgIpc) is 2.45. The molecule has 0 aliphatic heterocycles. The molecule has 0 saturated heterocycles. The lowest BCUT2D eigenvalue weighted by atomic mass is 10.1. The van der Waals surface area contributed by atoms with E-state index in [4.69, 9.17) is 18.0 Å². The highest BCUT2D eigenvalue weighted by atomic mass is 32.1. The summed E-state index contributed by atoms with van der Waals surface area (Å²) in [5, 5.41) is 3.31. The lowest BCUT2D eigenvalue weighted by Gasteiger charge is -2.09. The SMILES string of the molecule is CCc1ccc(CNc2cc(C(N)=S)cc(C)n2)cc1. The summed E-state index contributed by atoms with van der Waals surface area (Å²) in [6, 6.07) is 12.4. The van der Waals surface area contributed by atoms with Crippen LogP contribution in [0.5, 0.6) is 0 Å². The van der Waals surface area contributed by atoms with E-state index in [0.717, 1.165) is 30.0 Å². The van der Waals surface area contributed by atoms with Gasteiger partial charge in [-0.05, 0) is 36.6 Å². The second kappa shape index (κ2) is 6.48. The molecular weight excluding hydrogens is 266 g/mol. The first kappa shape index (κ1) is 14.5. The number of nitrogens with zero attached hydrogens (tertiary/aromatic N) is 1. The number of hydrogen-bond acceptors (Lipinski definition) is 3. The first-order valence-electron chi connectivity index (χ1n) is 6.68. The summed E-state index contributed by atoms with van der Waals surface area (Å²) in [5.41, 5.74) is 9.98. The van der Waals surface area contributed by atoms with Gasteiger partial charge in [-0.2, -0.15) is 0 Å².